The van der Waals surface area contributed by atoms with E-state index in [4.69, 9.17) is 0 Å². The fraction of sp³-hybridized carbons (Fsp3) is 0.667. The van der Waals surface area contributed by atoms with Gasteiger partial charge in [0.2, 0.25) is 0 Å². The van der Waals surface area contributed by atoms with E-state index in [9.17, 15) is 13.2 Å². The van der Waals surface area contributed by atoms with E-state index >= 15 is 0 Å². The minimum Gasteiger partial charge on any atom is -0.303 e. The maximum Gasteiger partial charge on any atom is 0.390 e. The molecule has 0 N–H and O–H groups in total. The van der Waals surface area contributed by atoms with Gasteiger partial charge in [-0.1, -0.05) is 0 Å². The second kappa shape index (κ2) is 5.65. The van der Waals surface area contributed by atoms with Crippen molar-refractivity contribution in [1.29, 1.82) is 0 Å². The first-order valence-electron chi connectivity index (χ1n) is 6.08. The zero-order chi connectivity index (χ0) is 13.0. The first kappa shape index (κ1) is 13.3. The lowest BCUT2D eigenvalue weighted by molar-refractivity contribution is -0.138. The van der Waals surface area contributed by atoms with E-state index in [1.165, 1.54) is 6.33 Å². The van der Waals surface area contributed by atoms with Crippen LogP contribution < -0.4 is 0 Å². The molecule has 3 nitrogen and oxygen atoms in total. The van der Waals surface area contributed by atoms with Crippen LogP contribution >= 0.6 is 0 Å². The molecule has 0 radical (unpaired) electrons. The maximum atomic E-state index is 12.1. The number of nitrogens with zero attached hydrogens (tertiary/aromatic N) is 3. The third-order valence-electron chi connectivity index (χ3n) is 3.35. The SMILES string of the molecule is FC(F)(F)CCN1CCC(c2cncnc2)CC1. The van der Waals surface area contributed by atoms with Crippen LogP contribution in [-0.4, -0.2) is 40.7 Å². The Hall–Kier alpha value is -1.17. The summed E-state index contributed by atoms with van der Waals surface area (Å²) in [5, 5.41) is 0. The molecule has 1 aromatic heterocycles. The third kappa shape index (κ3) is 3.94. The monoisotopic (exact) mass is 259 g/mol. The summed E-state index contributed by atoms with van der Waals surface area (Å²) in [5.41, 5.74) is 1.09. The van der Waals surface area contributed by atoms with Crippen LogP contribution in [-0.2, 0) is 0 Å². The highest BCUT2D eigenvalue weighted by Crippen LogP contribution is 2.28. The molecule has 6 heteroatoms. The van der Waals surface area contributed by atoms with Gasteiger partial charge in [0.25, 0.3) is 0 Å². The molecule has 0 bridgehead atoms. The molecule has 0 atom stereocenters. The van der Waals surface area contributed by atoms with Gasteiger partial charge in [0, 0.05) is 18.9 Å². The second-order valence-electron chi connectivity index (χ2n) is 4.65. The molecule has 0 saturated carbocycles. The number of likely N-dealkylation sites (tertiary alicyclic amines) is 1. The number of hydrogen-bond donors (Lipinski definition) is 0. The van der Waals surface area contributed by atoms with E-state index < -0.39 is 12.6 Å². The molecule has 100 valence electrons. The predicted octanol–water partition coefficient (Wildman–Crippen LogP) is 2.61. The lowest BCUT2D eigenvalue weighted by Crippen LogP contribution is -2.35. The van der Waals surface area contributed by atoms with Crippen molar-refractivity contribution in [3.63, 3.8) is 0 Å². The molecule has 2 rings (SSSR count). The van der Waals surface area contributed by atoms with Gasteiger partial charge in [0.15, 0.2) is 0 Å². The summed E-state index contributed by atoms with van der Waals surface area (Å²) in [7, 11) is 0. The number of aromatic nitrogens is 2. The number of hydrogen-bond acceptors (Lipinski definition) is 3. The van der Waals surface area contributed by atoms with E-state index in [0.29, 0.717) is 5.92 Å². The molecule has 1 aromatic rings. The summed E-state index contributed by atoms with van der Waals surface area (Å²) in [6, 6.07) is 0. The first-order chi connectivity index (χ1) is 8.54. The zero-order valence-corrected chi connectivity index (χ0v) is 10.0. The van der Waals surface area contributed by atoms with Gasteiger partial charge in [-0.25, -0.2) is 9.97 Å². The molecule has 0 unspecified atom stereocenters. The predicted molar refractivity (Wildman–Crippen MR) is 61.1 cm³/mol. The van der Waals surface area contributed by atoms with Crippen LogP contribution in [0.3, 0.4) is 0 Å². The molecule has 18 heavy (non-hydrogen) atoms. The van der Waals surface area contributed by atoms with E-state index in [1.54, 1.807) is 12.4 Å². The van der Waals surface area contributed by atoms with E-state index in [0.717, 1.165) is 31.5 Å². The molecule has 1 saturated heterocycles. The third-order valence-corrected chi connectivity index (χ3v) is 3.35. The number of alkyl halides is 3. The quantitative estimate of drug-likeness (QED) is 0.835. The lowest BCUT2D eigenvalue weighted by atomic mass is 9.91. The highest BCUT2D eigenvalue weighted by molar-refractivity contribution is 5.11. The van der Waals surface area contributed by atoms with Crippen LogP contribution in [0, 0.1) is 0 Å². The molecular weight excluding hydrogens is 243 g/mol. The van der Waals surface area contributed by atoms with Crippen LogP contribution in [0.1, 0.15) is 30.7 Å². The van der Waals surface area contributed by atoms with Gasteiger partial charge in [-0.3, -0.25) is 0 Å². The molecular formula is C12H16F3N3. The maximum absolute atomic E-state index is 12.1. The van der Waals surface area contributed by atoms with Crippen molar-refractivity contribution in [1.82, 2.24) is 14.9 Å². The van der Waals surface area contributed by atoms with Crippen molar-refractivity contribution in [2.45, 2.75) is 31.4 Å². The summed E-state index contributed by atoms with van der Waals surface area (Å²) < 4.78 is 36.3. The molecule has 0 aromatic carbocycles. The molecule has 0 aliphatic carbocycles. The Morgan fingerprint density at radius 1 is 1.17 bits per heavy atom. The van der Waals surface area contributed by atoms with Crippen molar-refractivity contribution in [2.75, 3.05) is 19.6 Å². The van der Waals surface area contributed by atoms with Crippen LogP contribution in [0.5, 0.6) is 0 Å². The Balaban J connectivity index is 1.78. The average Bonchev–Trinajstić information content (AvgIpc) is 2.37. The van der Waals surface area contributed by atoms with Gasteiger partial charge in [-0.05, 0) is 37.4 Å². The van der Waals surface area contributed by atoms with Gasteiger partial charge in [0.05, 0.1) is 6.42 Å². The topological polar surface area (TPSA) is 29.0 Å². The van der Waals surface area contributed by atoms with E-state index in [-0.39, 0.29) is 6.54 Å². The number of piperidine rings is 1. The molecule has 1 aliphatic heterocycles. The highest BCUT2D eigenvalue weighted by atomic mass is 19.4. The Labute approximate surface area is 104 Å². The molecule has 0 spiro atoms. The Morgan fingerprint density at radius 3 is 2.33 bits per heavy atom. The molecule has 2 heterocycles. The molecule has 0 amide bonds. The summed E-state index contributed by atoms with van der Waals surface area (Å²) >= 11 is 0. The van der Waals surface area contributed by atoms with E-state index in [1.807, 2.05) is 4.90 Å². The Bertz CT molecular complexity index is 359. The standard InChI is InChI=1S/C12H16F3N3/c13-12(14,15)3-6-18-4-1-10(2-5-18)11-7-16-9-17-8-11/h7-10H,1-6H2. The van der Waals surface area contributed by atoms with Gasteiger partial charge in [0.1, 0.15) is 6.33 Å². The Kier molecular flexibility index (Phi) is 4.16. The van der Waals surface area contributed by atoms with Crippen molar-refractivity contribution in [2.24, 2.45) is 0 Å². The largest absolute Gasteiger partial charge is 0.390 e. The van der Waals surface area contributed by atoms with Gasteiger partial charge in [-0.2, -0.15) is 13.2 Å². The molecule has 1 fully saturated rings. The van der Waals surface area contributed by atoms with Crippen molar-refractivity contribution >= 4 is 0 Å². The smallest absolute Gasteiger partial charge is 0.303 e. The van der Waals surface area contributed by atoms with Crippen molar-refractivity contribution in [3.8, 4) is 0 Å². The van der Waals surface area contributed by atoms with Crippen LogP contribution in [0.2, 0.25) is 0 Å². The molecule has 1 aliphatic rings. The van der Waals surface area contributed by atoms with E-state index in [2.05, 4.69) is 9.97 Å². The number of halogens is 3. The normalized spacial score (nSPS) is 19.1. The fourth-order valence-corrected chi connectivity index (χ4v) is 2.30. The minimum atomic E-state index is -4.05. The lowest BCUT2D eigenvalue weighted by Gasteiger charge is -2.32. The number of rotatable bonds is 3. The second-order valence-corrected chi connectivity index (χ2v) is 4.65. The fourth-order valence-electron chi connectivity index (χ4n) is 2.30. The van der Waals surface area contributed by atoms with Crippen LogP contribution in [0.4, 0.5) is 13.2 Å². The average molecular weight is 259 g/mol. The van der Waals surface area contributed by atoms with Gasteiger partial charge >= 0.3 is 6.18 Å². The van der Waals surface area contributed by atoms with Crippen molar-refractivity contribution in [3.05, 3.63) is 24.3 Å². The Morgan fingerprint density at radius 2 is 1.78 bits per heavy atom. The van der Waals surface area contributed by atoms with Crippen LogP contribution in [0.25, 0.3) is 0 Å². The van der Waals surface area contributed by atoms with Gasteiger partial charge < -0.3 is 4.90 Å². The first-order valence-corrected chi connectivity index (χ1v) is 6.08. The van der Waals surface area contributed by atoms with Crippen molar-refractivity contribution < 1.29 is 13.2 Å². The minimum absolute atomic E-state index is 0.113. The summed E-state index contributed by atoms with van der Waals surface area (Å²) in [6.07, 6.45) is 2.07. The van der Waals surface area contributed by atoms with Gasteiger partial charge in [-0.15, -0.1) is 0 Å². The van der Waals surface area contributed by atoms with Crippen LogP contribution in [0.15, 0.2) is 18.7 Å². The summed E-state index contributed by atoms with van der Waals surface area (Å²) in [6.45, 7) is 1.55. The summed E-state index contributed by atoms with van der Waals surface area (Å²) in [4.78, 5) is 9.83. The summed E-state index contributed by atoms with van der Waals surface area (Å²) in [5.74, 6) is 0.383. The highest BCUT2D eigenvalue weighted by Gasteiger charge is 2.29. The zero-order valence-electron chi connectivity index (χ0n) is 10.0.